The van der Waals surface area contributed by atoms with Gasteiger partial charge in [0.1, 0.15) is 5.75 Å². The van der Waals surface area contributed by atoms with E-state index in [1.165, 1.54) is 11.1 Å². The van der Waals surface area contributed by atoms with Gasteiger partial charge >= 0.3 is 0 Å². The Kier molecular flexibility index (Phi) is 4.42. The molecule has 1 unspecified atom stereocenters. The second-order valence-corrected chi connectivity index (χ2v) is 4.15. The molecule has 0 radical (unpaired) electrons. The summed E-state index contributed by atoms with van der Waals surface area (Å²) < 4.78 is 10.8. The largest absolute Gasteiger partial charge is 0.494 e. The average Bonchev–Trinajstić information content (AvgIpc) is 2.90. The van der Waals surface area contributed by atoms with Crippen LogP contribution in [0.15, 0.2) is 47.3 Å². The lowest BCUT2D eigenvalue weighted by Crippen LogP contribution is -2.19. The molecule has 0 saturated carbocycles. The molecule has 0 saturated heterocycles. The van der Waals surface area contributed by atoms with E-state index in [1.807, 2.05) is 38.2 Å². The van der Waals surface area contributed by atoms with E-state index in [-0.39, 0.29) is 6.04 Å². The zero-order valence-corrected chi connectivity index (χ0v) is 10.8. The van der Waals surface area contributed by atoms with Gasteiger partial charge in [-0.2, -0.15) is 0 Å². The van der Waals surface area contributed by atoms with E-state index < -0.39 is 0 Å². The molecule has 0 bridgehead atoms. The molecule has 3 heteroatoms. The molecule has 0 amide bonds. The first-order valence-electron chi connectivity index (χ1n) is 6.25. The standard InChI is InChI=1S/C15H19NO2/c1-3-18-15-7-5-4-6-13(15)14(16-2)10-12-8-9-17-11-12/h4-9,11,14,16H,3,10H2,1-2H3. The summed E-state index contributed by atoms with van der Waals surface area (Å²) in [5, 5.41) is 3.33. The fourth-order valence-corrected chi connectivity index (χ4v) is 2.07. The summed E-state index contributed by atoms with van der Waals surface area (Å²) in [6.45, 7) is 2.68. The van der Waals surface area contributed by atoms with E-state index in [1.54, 1.807) is 12.5 Å². The highest BCUT2D eigenvalue weighted by Gasteiger charge is 2.15. The number of likely N-dealkylation sites (N-methyl/N-ethyl adjacent to an activating group) is 1. The SMILES string of the molecule is CCOc1ccccc1C(Cc1ccoc1)NC. The predicted molar refractivity (Wildman–Crippen MR) is 71.8 cm³/mol. The quantitative estimate of drug-likeness (QED) is 0.848. The van der Waals surface area contributed by atoms with Crippen LogP contribution in [0.1, 0.15) is 24.1 Å². The first-order chi connectivity index (χ1) is 8.85. The minimum Gasteiger partial charge on any atom is -0.494 e. The Labute approximate surface area is 108 Å². The molecule has 96 valence electrons. The molecule has 1 atom stereocenters. The molecule has 1 N–H and O–H groups in total. The lowest BCUT2D eigenvalue weighted by atomic mass is 10.00. The van der Waals surface area contributed by atoms with Crippen molar-refractivity contribution in [3.8, 4) is 5.75 Å². The van der Waals surface area contributed by atoms with Gasteiger partial charge in [0, 0.05) is 11.6 Å². The van der Waals surface area contributed by atoms with Gasteiger partial charge in [0.2, 0.25) is 0 Å². The topological polar surface area (TPSA) is 34.4 Å². The monoisotopic (exact) mass is 245 g/mol. The number of nitrogens with one attached hydrogen (secondary N) is 1. The van der Waals surface area contributed by atoms with Crippen molar-refractivity contribution in [1.82, 2.24) is 5.32 Å². The van der Waals surface area contributed by atoms with E-state index in [9.17, 15) is 0 Å². The maximum atomic E-state index is 5.68. The van der Waals surface area contributed by atoms with E-state index in [4.69, 9.17) is 9.15 Å². The number of furan rings is 1. The van der Waals surface area contributed by atoms with Gasteiger partial charge in [-0.3, -0.25) is 0 Å². The van der Waals surface area contributed by atoms with Gasteiger partial charge in [-0.25, -0.2) is 0 Å². The van der Waals surface area contributed by atoms with Crippen molar-refractivity contribution in [3.05, 3.63) is 54.0 Å². The van der Waals surface area contributed by atoms with Crippen LogP contribution in [0.4, 0.5) is 0 Å². The average molecular weight is 245 g/mol. The number of benzene rings is 1. The maximum absolute atomic E-state index is 5.68. The first kappa shape index (κ1) is 12.7. The highest BCUT2D eigenvalue weighted by atomic mass is 16.5. The molecule has 0 fully saturated rings. The summed E-state index contributed by atoms with van der Waals surface area (Å²) in [6, 6.07) is 10.4. The fraction of sp³-hybridized carbons (Fsp3) is 0.333. The lowest BCUT2D eigenvalue weighted by Gasteiger charge is -2.19. The molecule has 1 aromatic carbocycles. The van der Waals surface area contributed by atoms with E-state index in [0.29, 0.717) is 6.61 Å². The summed E-state index contributed by atoms with van der Waals surface area (Å²) in [5.74, 6) is 0.947. The van der Waals surface area contributed by atoms with Gasteiger partial charge in [-0.15, -0.1) is 0 Å². The summed E-state index contributed by atoms with van der Waals surface area (Å²) >= 11 is 0. The number of ether oxygens (including phenoxy) is 1. The highest BCUT2D eigenvalue weighted by Crippen LogP contribution is 2.27. The Morgan fingerprint density at radius 2 is 2.11 bits per heavy atom. The second-order valence-electron chi connectivity index (χ2n) is 4.15. The van der Waals surface area contributed by atoms with Crippen LogP contribution in [0.2, 0.25) is 0 Å². The number of hydrogen-bond acceptors (Lipinski definition) is 3. The van der Waals surface area contributed by atoms with Crippen molar-refractivity contribution < 1.29 is 9.15 Å². The van der Waals surface area contributed by atoms with Crippen LogP contribution in [-0.2, 0) is 6.42 Å². The summed E-state index contributed by atoms with van der Waals surface area (Å²) in [7, 11) is 1.97. The molecule has 2 rings (SSSR count). The normalized spacial score (nSPS) is 12.3. The number of rotatable bonds is 6. The summed E-state index contributed by atoms with van der Waals surface area (Å²) in [6.07, 6.45) is 4.38. The second kappa shape index (κ2) is 6.26. The number of para-hydroxylation sites is 1. The third-order valence-electron chi connectivity index (χ3n) is 2.96. The third-order valence-corrected chi connectivity index (χ3v) is 2.96. The minimum atomic E-state index is 0.227. The zero-order chi connectivity index (χ0) is 12.8. The van der Waals surface area contributed by atoms with Crippen LogP contribution in [0.3, 0.4) is 0 Å². The van der Waals surface area contributed by atoms with E-state index in [2.05, 4.69) is 11.4 Å². The fourth-order valence-electron chi connectivity index (χ4n) is 2.07. The Morgan fingerprint density at radius 1 is 1.28 bits per heavy atom. The molecule has 0 spiro atoms. The zero-order valence-electron chi connectivity index (χ0n) is 10.8. The van der Waals surface area contributed by atoms with E-state index in [0.717, 1.165) is 12.2 Å². The van der Waals surface area contributed by atoms with Gasteiger partial charge in [0.25, 0.3) is 0 Å². The van der Waals surface area contributed by atoms with Crippen LogP contribution in [0, 0.1) is 0 Å². The molecule has 0 aliphatic heterocycles. The summed E-state index contributed by atoms with van der Waals surface area (Å²) in [4.78, 5) is 0. The van der Waals surface area contributed by atoms with Crippen LogP contribution >= 0.6 is 0 Å². The van der Waals surface area contributed by atoms with Crippen LogP contribution in [0.5, 0.6) is 5.75 Å². The minimum absolute atomic E-state index is 0.227. The van der Waals surface area contributed by atoms with E-state index >= 15 is 0 Å². The van der Waals surface area contributed by atoms with Crippen molar-refractivity contribution in [1.29, 1.82) is 0 Å². The van der Waals surface area contributed by atoms with Crippen LogP contribution in [-0.4, -0.2) is 13.7 Å². The molecular weight excluding hydrogens is 226 g/mol. The predicted octanol–water partition coefficient (Wildman–Crippen LogP) is 3.18. The Morgan fingerprint density at radius 3 is 2.78 bits per heavy atom. The third kappa shape index (κ3) is 2.93. The first-order valence-corrected chi connectivity index (χ1v) is 6.25. The highest BCUT2D eigenvalue weighted by molar-refractivity contribution is 5.36. The Bertz CT molecular complexity index is 465. The molecule has 1 aromatic heterocycles. The number of hydrogen-bond donors (Lipinski definition) is 1. The maximum Gasteiger partial charge on any atom is 0.124 e. The van der Waals surface area contributed by atoms with Crippen molar-refractivity contribution in [2.45, 2.75) is 19.4 Å². The van der Waals surface area contributed by atoms with Gasteiger partial charge in [-0.05, 0) is 38.1 Å². The molecule has 0 aliphatic carbocycles. The van der Waals surface area contributed by atoms with Gasteiger partial charge in [0.05, 0.1) is 19.1 Å². The van der Waals surface area contributed by atoms with Crippen LogP contribution in [0.25, 0.3) is 0 Å². The molecule has 0 aliphatic rings. The summed E-state index contributed by atoms with van der Waals surface area (Å²) in [5.41, 5.74) is 2.36. The van der Waals surface area contributed by atoms with Gasteiger partial charge in [-0.1, -0.05) is 18.2 Å². The molecular formula is C15H19NO2. The van der Waals surface area contributed by atoms with Crippen LogP contribution < -0.4 is 10.1 Å². The Balaban J connectivity index is 2.21. The van der Waals surface area contributed by atoms with Gasteiger partial charge < -0.3 is 14.5 Å². The molecule has 18 heavy (non-hydrogen) atoms. The molecule has 3 nitrogen and oxygen atoms in total. The van der Waals surface area contributed by atoms with Crippen molar-refractivity contribution in [2.75, 3.05) is 13.7 Å². The van der Waals surface area contributed by atoms with Crippen molar-refractivity contribution in [2.24, 2.45) is 0 Å². The van der Waals surface area contributed by atoms with Crippen molar-refractivity contribution >= 4 is 0 Å². The smallest absolute Gasteiger partial charge is 0.124 e. The Hall–Kier alpha value is -1.74. The lowest BCUT2D eigenvalue weighted by molar-refractivity contribution is 0.332. The molecule has 1 heterocycles. The van der Waals surface area contributed by atoms with Crippen molar-refractivity contribution in [3.63, 3.8) is 0 Å². The van der Waals surface area contributed by atoms with Gasteiger partial charge in [0.15, 0.2) is 0 Å². The molecule has 2 aromatic rings.